The fourth-order valence-electron chi connectivity index (χ4n) is 3.15. The molecule has 0 spiro atoms. The van der Waals surface area contributed by atoms with Crippen LogP contribution in [0.1, 0.15) is 32.3 Å². The molecule has 1 fully saturated rings. The average Bonchev–Trinajstić information content (AvgIpc) is 2.92. The van der Waals surface area contributed by atoms with Gasteiger partial charge in [-0.1, -0.05) is 32.1 Å². The lowest BCUT2D eigenvalue weighted by Crippen LogP contribution is -2.47. The zero-order valence-electron chi connectivity index (χ0n) is 16.2. The number of benzene rings is 1. The van der Waals surface area contributed by atoms with Gasteiger partial charge in [0.15, 0.2) is 0 Å². The van der Waals surface area contributed by atoms with Crippen molar-refractivity contribution in [2.24, 2.45) is 0 Å². The van der Waals surface area contributed by atoms with Crippen LogP contribution < -0.4 is 10.1 Å². The number of urea groups is 1. The van der Waals surface area contributed by atoms with Gasteiger partial charge in [-0.2, -0.15) is 0 Å². The highest BCUT2D eigenvalue weighted by Gasteiger charge is 2.49. The summed E-state index contributed by atoms with van der Waals surface area (Å²) in [4.78, 5) is 40.3. The zero-order valence-corrected chi connectivity index (χ0v) is 16.2. The van der Waals surface area contributed by atoms with E-state index in [1.54, 1.807) is 18.1 Å². The number of ether oxygens (including phenoxy) is 1. The molecule has 1 aliphatic heterocycles. The number of nitrogens with zero attached hydrogens (tertiary/aromatic N) is 2. The summed E-state index contributed by atoms with van der Waals surface area (Å²) in [6.07, 6.45) is 2.59. The molecule has 0 saturated carbocycles. The average molecular weight is 373 g/mol. The molecule has 7 nitrogen and oxygen atoms in total. The lowest BCUT2D eigenvalue weighted by Gasteiger charge is -2.25. The molecule has 1 aromatic carbocycles. The minimum Gasteiger partial charge on any atom is -0.497 e. The van der Waals surface area contributed by atoms with Gasteiger partial charge in [-0.3, -0.25) is 14.5 Å². The third-order valence-corrected chi connectivity index (χ3v) is 4.98. The Morgan fingerprint density at radius 3 is 2.37 bits per heavy atom. The van der Waals surface area contributed by atoms with Gasteiger partial charge in [-0.25, -0.2) is 4.79 Å². The van der Waals surface area contributed by atoms with Crippen molar-refractivity contribution in [1.82, 2.24) is 15.1 Å². The van der Waals surface area contributed by atoms with Crippen LogP contribution in [0.25, 0.3) is 0 Å². The third-order valence-electron chi connectivity index (χ3n) is 4.98. The molecule has 0 bridgehead atoms. The van der Waals surface area contributed by atoms with Crippen LogP contribution >= 0.6 is 0 Å². The third kappa shape index (κ3) is 4.30. The fraction of sp³-hybridized carbons (Fsp3) is 0.450. The minimum atomic E-state index is -0.906. The Morgan fingerprint density at radius 1 is 1.26 bits per heavy atom. The second-order valence-corrected chi connectivity index (χ2v) is 6.52. The molecule has 0 aliphatic carbocycles. The molecule has 146 valence electrons. The first-order chi connectivity index (χ1) is 12.9. The van der Waals surface area contributed by atoms with Crippen LogP contribution in [-0.2, 0) is 16.1 Å². The van der Waals surface area contributed by atoms with Gasteiger partial charge in [-0.05, 0) is 30.5 Å². The maximum absolute atomic E-state index is 12.8. The van der Waals surface area contributed by atoms with Crippen LogP contribution in [0.5, 0.6) is 5.75 Å². The number of rotatable bonds is 9. The predicted molar refractivity (Wildman–Crippen MR) is 102 cm³/mol. The molecule has 0 radical (unpaired) electrons. The number of carbonyl (C=O) groups excluding carboxylic acids is 3. The topological polar surface area (TPSA) is 79.0 Å². The number of methoxy groups -OCH3 is 1. The summed E-state index contributed by atoms with van der Waals surface area (Å²) in [6, 6.07) is 6.87. The van der Waals surface area contributed by atoms with E-state index in [4.69, 9.17) is 4.74 Å². The molecule has 0 aromatic heterocycles. The molecule has 27 heavy (non-hydrogen) atoms. The van der Waals surface area contributed by atoms with Gasteiger partial charge in [0.2, 0.25) is 5.91 Å². The molecule has 1 heterocycles. The highest BCUT2D eigenvalue weighted by molar-refractivity contribution is 6.09. The van der Waals surface area contributed by atoms with Crippen LogP contribution in [0.4, 0.5) is 4.79 Å². The molecule has 0 unspecified atom stereocenters. The van der Waals surface area contributed by atoms with Crippen molar-refractivity contribution in [2.75, 3.05) is 20.2 Å². The normalized spacial score (nSPS) is 15.4. The fourth-order valence-corrected chi connectivity index (χ4v) is 3.15. The Bertz CT molecular complexity index is 710. The van der Waals surface area contributed by atoms with Crippen molar-refractivity contribution in [2.45, 2.75) is 38.8 Å². The summed E-state index contributed by atoms with van der Waals surface area (Å²) in [5, 5.41) is 2.74. The number of amides is 4. The van der Waals surface area contributed by atoms with Gasteiger partial charge in [0.25, 0.3) is 5.91 Å². The molecule has 1 aliphatic rings. The molecule has 1 N–H and O–H groups in total. The van der Waals surface area contributed by atoms with E-state index >= 15 is 0 Å². The molecule has 1 saturated heterocycles. The van der Waals surface area contributed by atoms with E-state index in [9.17, 15) is 14.4 Å². The maximum atomic E-state index is 12.8. The lowest BCUT2D eigenvalue weighted by molar-refractivity contribution is -0.139. The Kier molecular flexibility index (Phi) is 6.60. The van der Waals surface area contributed by atoms with Gasteiger partial charge in [0.1, 0.15) is 17.8 Å². The van der Waals surface area contributed by atoms with Gasteiger partial charge in [-0.15, -0.1) is 6.58 Å². The molecule has 1 aromatic rings. The monoisotopic (exact) mass is 373 g/mol. The summed E-state index contributed by atoms with van der Waals surface area (Å²) < 4.78 is 5.14. The first-order valence-corrected chi connectivity index (χ1v) is 9.06. The zero-order chi connectivity index (χ0) is 20.0. The van der Waals surface area contributed by atoms with Gasteiger partial charge < -0.3 is 15.0 Å². The Morgan fingerprint density at radius 2 is 1.89 bits per heavy atom. The van der Waals surface area contributed by atoms with E-state index in [2.05, 4.69) is 11.9 Å². The summed E-state index contributed by atoms with van der Waals surface area (Å²) >= 11 is 0. The molecule has 0 atom stereocenters. The molecular weight excluding hydrogens is 346 g/mol. The standard InChI is InChI=1S/C20H27N3O4/c1-5-12-22(13-15-8-10-16(27-4)11-9-15)17(24)14-23-18(25)20(6-2,7-3)21-19(23)26/h5,8-11H,1,6-7,12-14H2,2-4H3,(H,21,26). The quantitative estimate of drug-likeness (QED) is 0.532. The Labute approximate surface area is 160 Å². The predicted octanol–water partition coefficient (Wildman–Crippen LogP) is 2.32. The van der Waals surface area contributed by atoms with Crippen molar-refractivity contribution in [3.05, 3.63) is 42.5 Å². The van der Waals surface area contributed by atoms with E-state index in [0.717, 1.165) is 16.2 Å². The van der Waals surface area contributed by atoms with Crippen molar-refractivity contribution in [1.29, 1.82) is 0 Å². The highest BCUT2D eigenvalue weighted by atomic mass is 16.5. The SMILES string of the molecule is C=CCN(Cc1ccc(OC)cc1)C(=O)CN1C(=O)NC(CC)(CC)C1=O. The van der Waals surface area contributed by atoms with E-state index in [-0.39, 0.29) is 18.4 Å². The van der Waals surface area contributed by atoms with E-state index in [0.29, 0.717) is 25.9 Å². The minimum absolute atomic E-state index is 0.281. The molecular formula is C20H27N3O4. The van der Waals surface area contributed by atoms with Crippen molar-refractivity contribution in [3.63, 3.8) is 0 Å². The van der Waals surface area contributed by atoms with Crippen molar-refractivity contribution >= 4 is 17.8 Å². The van der Waals surface area contributed by atoms with E-state index in [1.807, 2.05) is 38.1 Å². The molecule has 7 heteroatoms. The van der Waals surface area contributed by atoms with E-state index < -0.39 is 11.6 Å². The molecule has 2 rings (SSSR count). The Hall–Kier alpha value is -2.83. The van der Waals surface area contributed by atoms with Crippen LogP contribution in [0.2, 0.25) is 0 Å². The highest BCUT2D eigenvalue weighted by Crippen LogP contribution is 2.25. The number of imide groups is 1. The second-order valence-electron chi connectivity index (χ2n) is 6.52. The van der Waals surface area contributed by atoms with Crippen LogP contribution in [0, 0.1) is 0 Å². The van der Waals surface area contributed by atoms with Crippen molar-refractivity contribution < 1.29 is 19.1 Å². The van der Waals surface area contributed by atoms with Gasteiger partial charge in [0, 0.05) is 13.1 Å². The van der Waals surface area contributed by atoms with Gasteiger partial charge >= 0.3 is 6.03 Å². The second kappa shape index (κ2) is 8.70. The largest absolute Gasteiger partial charge is 0.497 e. The maximum Gasteiger partial charge on any atom is 0.325 e. The summed E-state index contributed by atoms with van der Waals surface area (Å²) in [5.41, 5.74) is 0.0102. The summed E-state index contributed by atoms with van der Waals surface area (Å²) in [7, 11) is 1.59. The van der Waals surface area contributed by atoms with Crippen LogP contribution in [0.15, 0.2) is 36.9 Å². The van der Waals surface area contributed by atoms with Crippen LogP contribution in [0.3, 0.4) is 0 Å². The number of hydrogen-bond acceptors (Lipinski definition) is 4. The van der Waals surface area contributed by atoms with Crippen LogP contribution in [-0.4, -0.2) is 53.4 Å². The number of nitrogens with one attached hydrogen (secondary N) is 1. The molecule has 4 amide bonds. The first-order valence-electron chi connectivity index (χ1n) is 9.06. The van der Waals surface area contributed by atoms with Gasteiger partial charge in [0.05, 0.1) is 7.11 Å². The lowest BCUT2D eigenvalue weighted by atomic mass is 9.93. The van der Waals surface area contributed by atoms with E-state index in [1.165, 1.54) is 0 Å². The van der Waals surface area contributed by atoms with Crippen molar-refractivity contribution in [3.8, 4) is 5.75 Å². The smallest absolute Gasteiger partial charge is 0.325 e. The summed E-state index contributed by atoms with van der Waals surface area (Å²) in [5.74, 6) is 0.0845. The number of carbonyl (C=O) groups is 3. The summed E-state index contributed by atoms with van der Waals surface area (Å²) in [6.45, 7) is 7.78. The first kappa shape index (κ1) is 20.5. The number of hydrogen-bond donors (Lipinski definition) is 1. The Balaban J connectivity index is 2.11.